The lowest BCUT2D eigenvalue weighted by molar-refractivity contribution is -0.152. The molecule has 0 aliphatic heterocycles. The minimum absolute atomic E-state index is 0.113. The Labute approximate surface area is 128 Å². The van der Waals surface area contributed by atoms with E-state index in [0.29, 0.717) is 5.75 Å². The molecule has 0 heterocycles. The first-order valence-electron chi connectivity index (χ1n) is 7.25. The number of nitrogens with one attached hydrogen (secondary N) is 1. The molecule has 1 fully saturated rings. The van der Waals surface area contributed by atoms with Gasteiger partial charge in [-0.25, -0.2) is 0 Å². The van der Waals surface area contributed by atoms with Crippen LogP contribution >= 0.6 is 0 Å². The molecule has 2 rings (SSSR count). The molecule has 22 heavy (non-hydrogen) atoms. The number of ether oxygens (including phenoxy) is 2. The molecule has 6 nitrogen and oxygen atoms in total. The van der Waals surface area contributed by atoms with Gasteiger partial charge < -0.3 is 9.47 Å². The number of benzene rings is 1. The average molecular weight is 305 g/mol. The fourth-order valence-electron chi connectivity index (χ4n) is 2.48. The number of imide groups is 1. The Morgan fingerprint density at radius 1 is 1.18 bits per heavy atom. The predicted molar refractivity (Wildman–Crippen MR) is 78.4 cm³/mol. The molecule has 118 valence electrons. The molecule has 0 spiro atoms. The first-order valence-corrected chi connectivity index (χ1v) is 7.25. The molecule has 2 amide bonds. The molecule has 1 aliphatic rings. The van der Waals surface area contributed by atoms with Crippen molar-refractivity contribution in [1.82, 2.24) is 5.32 Å². The van der Waals surface area contributed by atoms with Crippen molar-refractivity contribution in [3.63, 3.8) is 0 Å². The van der Waals surface area contributed by atoms with Crippen molar-refractivity contribution in [3.8, 4) is 5.75 Å². The van der Waals surface area contributed by atoms with Gasteiger partial charge >= 0.3 is 5.97 Å². The van der Waals surface area contributed by atoms with E-state index in [9.17, 15) is 14.4 Å². The van der Waals surface area contributed by atoms with Crippen LogP contribution in [0, 0.1) is 5.92 Å². The van der Waals surface area contributed by atoms with E-state index in [0.717, 1.165) is 25.7 Å². The van der Waals surface area contributed by atoms with E-state index in [2.05, 4.69) is 5.32 Å². The van der Waals surface area contributed by atoms with Crippen molar-refractivity contribution < 1.29 is 23.9 Å². The van der Waals surface area contributed by atoms with Gasteiger partial charge in [-0.1, -0.05) is 25.0 Å². The van der Waals surface area contributed by atoms with Crippen LogP contribution in [0.2, 0.25) is 0 Å². The fraction of sp³-hybridized carbons (Fsp3) is 0.438. The number of esters is 1. The fourth-order valence-corrected chi connectivity index (χ4v) is 2.48. The molecular formula is C16H19NO5. The van der Waals surface area contributed by atoms with Crippen molar-refractivity contribution in [2.24, 2.45) is 5.92 Å². The van der Waals surface area contributed by atoms with E-state index in [4.69, 9.17) is 9.47 Å². The van der Waals surface area contributed by atoms with Gasteiger partial charge in [-0.05, 0) is 25.0 Å². The van der Waals surface area contributed by atoms with Gasteiger partial charge in [0.2, 0.25) is 0 Å². The number of amides is 2. The zero-order chi connectivity index (χ0) is 15.9. The lowest BCUT2D eigenvalue weighted by Crippen LogP contribution is -2.35. The van der Waals surface area contributed by atoms with Gasteiger partial charge in [-0.3, -0.25) is 19.7 Å². The number of methoxy groups -OCH3 is 1. The molecule has 1 N–H and O–H groups in total. The van der Waals surface area contributed by atoms with Crippen LogP contribution in [-0.2, 0) is 14.3 Å². The summed E-state index contributed by atoms with van der Waals surface area (Å²) in [6, 6.07) is 6.56. The van der Waals surface area contributed by atoms with E-state index in [1.165, 1.54) is 7.11 Å². The third-order valence-corrected chi connectivity index (χ3v) is 3.64. The molecule has 0 radical (unpaired) electrons. The van der Waals surface area contributed by atoms with Crippen LogP contribution in [0.15, 0.2) is 24.3 Å². The highest BCUT2D eigenvalue weighted by atomic mass is 16.5. The summed E-state index contributed by atoms with van der Waals surface area (Å²) in [7, 11) is 1.44. The standard InChI is InChI=1S/C16H19NO5/c1-21-13-9-5-4-8-12(13)15(19)17-14(18)10-22-16(20)11-6-2-3-7-11/h4-5,8-9,11H,2-3,6-7,10H2,1H3,(H,17,18,19). The topological polar surface area (TPSA) is 81.7 Å². The third kappa shape index (κ3) is 4.07. The highest BCUT2D eigenvalue weighted by Gasteiger charge is 2.25. The van der Waals surface area contributed by atoms with E-state index >= 15 is 0 Å². The molecule has 1 saturated carbocycles. The normalized spacial score (nSPS) is 14.4. The number of hydrogen-bond acceptors (Lipinski definition) is 5. The summed E-state index contributed by atoms with van der Waals surface area (Å²) in [5.74, 6) is -1.34. The Morgan fingerprint density at radius 2 is 1.86 bits per heavy atom. The largest absolute Gasteiger partial charge is 0.496 e. The summed E-state index contributed by atoms with van der Waals surface area (Å²) in [5.41, 5.74) is 0.250. The van der Waals surface area contributed by atoms with Gasteiger partial charge in [0, 0.05) is 0 Å². The predicted octanol–water partition coefficient (Wildman–Crippen LogP) is 1.68. The van der Waals surface area contributed by atoms with Crippen molar-refractivity contribution in [2.45, 2.75) is 25.7 Å². The SMILES string of the molecule is COc1ccccc1C(=O)NC(=O)COC(=O)C1CCCC1. The summed E-state index contributed by atoms with van der Waals surface area (Å²) in [6.07, 6.45) is 3.64. The van der Waals surface area contributed by atoms with Crippen LogP contribution in [0.25, 0.3) is 0 Å². The lowest BCUT2D eigenvalue weighted by Gasteiger charge is -2.10. The second-order valence-electron chi connectivity index (χ2n) is 5.17. The number of hydrogen-bond donors (Lipinski definition) is 1. The maximum absolute atomic E-state index is 12.0. The zero-order valence-electron chi connectivity index (χ0n) is 12.5. The first-order chi connectivity index (χ1) is 10.6. The lowest BCUT2D eigenvalue weighted by atomic mass is 10.1. The van der Waals surface area contributed by atoms with Crippen LogP contribution in [0.1, 0.15) is 36.0 Å². The van der Waals surface area contributed by atoms with Gasteiger partial charge in [0.25, 0.3) is 11.8 Å². The highest BCUT2D eigenvalue weighted by molar-refractivity contribution is 6.06. The van der Waals surface area contributed by atoms with Gasteiger partial charge in [-0.15, -0.1) is 0 Å². The number of para-hydroxylation sites is 1. The molecule has 0 aromatic heterocycles. The van der Waals surface area contributed by atoms with Crippen LogP contribution < -0.4 is 10.1 Å². The Kier molecular flexibility index (Phi) is 5.52. The molecule has 6 heteroatoms. The Morgan fingerprint density at radius 3 is 2.55 bits per heavy atom. The van der Waals surface area contributed by atoms with Crippen LogP contribution in [-0.4, -0.2) is 31.5 Å². The van der Waals surface area contributed by atoms with Gasteiger partial charge in [0.05, 0.1) is 18.6 Å². The maximum Gasteiger partial charge on any atom is 0.309 e. The third-order valence-electron chi connectivity index (χ3n) is 3.64. The van der Waals surface area contributed by atoms with Crippen LogP contribution in [0.4, 0.5) is 0 Å². The van der Waals surface area contributed by atoms with Gasteiger partial charge in [0.15, 0.2) is 6.61 Å². The summed E-state index contributed by atoms with van der Waals surface area (Å²) in [6.45, 7) is -0.448. The van der Waals surface area contributed by atoms with Crippen LogP contribution in [0.3, 0.4) is 0 Å². The smallest absolute Gasteiger partial charge is 0.309 e. The Bertz CT molecular complexity index is 563. The second-order valence-corrected chi connectivity index (χ2v) is 5.17. The average Bonchev–Trinajstić information content (AvgIpc) is 3.07. The molecular weight excluding hydrogens is 286 g/mol. The minimum atomic E-state index is -0.651. The highest BCUT2D eigenvalue weighted by Crippen LogP contribution is 2.25. The molecule has 0 bridgehead atoms. The van der Waals surface area contributed by atoms with Crippen molar-refractivity contribution in [3.05, 3.63) is 29.8 Å². The maximum atomic E-state index is 12.0. The second kappa shape index (κ2) is 7.59. The Hall–Kier alpha value is -2.37. The van der Waals surface area contributed by atoms with Gasteiger partial charge in [0.1, 0.15) is 5.75 Å². The summed E-state index contributed by atoms with van der Waals surface area (Å²) >= 11 is 0. The molecule has 0 unspecified atom stereocenters. The molecule has 1 aromatic rings. The van der Waals surface area contributed by atoms with E-state index < -0.39 is 18.4 Å². The first kappa shape index (κ1) is 16.0. The number of carbonyl (C=O) groups excluding carboxylic acids is 3. The zero-order valence-corrected chi connectivity index (χ0v) is 12.5. The van der Waals surface area contributed by atoms with Crippen LogP contribution in [0.5, 0.6) is 5.75 Å². The minimum Gasteiger partial charge on any atom is -0.496 e. The van der Waals surface area contributed by atoms with E-state index in [-0.39, 0.29) is 17.5 Å². The van der Waals surface area contributed by atoms with Gasteiger partial charge in [-0.2, -0.15) is 0 Å². The number of rotatable bonds is 5. The van der Waals surface area contributed by atoms with Crippen molar-refractivity contribution in [1.29, 1.82) is 0 Å². The Balaban J connectivity index is 1.83. The van der Waals surface area contributed by atoms with E-state index in [1.54, 1.807) is 24.3 Å². The summed E-state index contributed by atoms with van der Waals surface area (Å²) < 4.78 is 10.0. The molecule has 0 saturated heterocycles. The van der Waals surface area contributed by atoms with Crippen molar-refractivity contribution in [2.75, 3.05) is 13.7 Å². The number of carbonyl (C=O) groups is 3. The van der Waals surface area contributed by atoms with Crippen molar-refractivity contribution >= 4 is 17.8 Å². The summed E-state index contributed by atoms with van der Waals surface area (Å²) in [4.78, 5) is 35.4. The quantitative estimate of drug-likeness (QED) is 0.837. The van der Waals surface area contributed by atoms with E-state index in [1.807, 2.05) is 0 Å². The molecule has 1 aromatic carbocycles. The molecule has 1 aliphatic carbocycles. The monoisotopic (exact) mass is 305 g/mol. The molecule has 0 atom stereocenters. The summed E-state index contributed by atoms with van der Waals surface area (Å²) in [5, 5.41) is 2.18.